The number of nitrogens with zero attached hydrogens (tertiary/aromatic N) is 3. The van der Waals surface area contributed by atoms with E-state index < -0.39 is 0 Å². The number of methoxy groups -OCH3 is 1. The highest BCUT2D eigenvalue weighted by molar-refractivity contribution is 7.80. The second-order valence-corrected chi connectivity index (χ2v) is 11.1. The van der Waals surface area contributed by atoms with Gasteiger partial charge in [-0.2, -0.15) is 0 Å². The van der Waals surface area contributed by atoms with Crippen LogP contribution in [0.15, 0.2) is 66.9 Å². The molecule has 0 radical (unpaired) electrons. The Bertz CT molecular complexity index is 1570. The van der Waals surface area contributed by atoms with Gasteiger partial charge in [-0.05, 0) is 93.9 Å². The molecule has 2 N–H and O–H groups in total. The first-order chi connectivity index (χ1) is 19.7. The number of ether oxygens (including phenoxy) is 1. The van der Waals surface area contributed by atoms with E-state index in [0.717, 1.165) is 22.6 Å². The zero-order chi connectivity index (χ0) is 29.3. The number of amides is 1. The maximum atomic E-state index is 13.1. The van der Waals surface area contributed by atoms with Gasteiger partial charge in [0, 0.05) is 30.6 Å². The Labute approximate surface area is 247 Å². The molecule has 2 aromatic heterocycles. The number of aryl methyl sites for hydroxylation is 4. The molecule has 4 aromatic rings. The molecule has 2 atom stereocenters. The van der Waals surface area contributed by atoms with Crippen molar-refractivity contribution in [3.63, 3.8) is 0 Å². The third-order valence-electron chi connectivity index (χ3n) is 7.81. The second kappa shape index (κ2) is 11.7. The lowest BCUT2D eigenvalue weighted by Crippen LogP contribution is -2.33. The summed E-state index contributed by atoms with van der Waals surface area (Å²) < 4.78 is 7.75. The first-order valence-electron chi connectivity index (χ1n) is 13.9. The topological polar surface area (TPSA) is 71.4 Å². The predicted octanol–water partition coefficient (Wildman–Crippen LogP) is 6.42. The summed E-state index contributed by atoms with van der Waals surface area (Å²) in [5.41, 5.74) is 9.97. The van der Waals surface area contributed by atoms with Gasteiger partial charge in [0.1, 0.15) is 5.75 Å². The number of rotatable bonds is 8. The molecule has 0 aliphatic carbocycles. The summed E-state index contributed by atoms with van der Waals surface area (Å²) in [7, 11) is 1.59. The van der Waals surface area contributed by atoms with Crippen LogP contribution in [0.4, 0.5) is 5.69 Å². The van der Waals surface area contributed by atoms with Crippen LogP contribution in [0.25, 0.3) is 5.69 Å². The number of nitrogens with one attached hydrogen (secondary N) is 2. The SMILES string of the molecule is COc1ccccc1NC(=O)CCN1C(=S)N[C@H](c2ccccn2)[C@@H]1c1cc(C)n(-c2c(C)cc(C)cc2C)c1C. The van der Waals surface area contributed by atoms with E-state index in [1.165, 1.54) is 22.4 Å². The van der Waals surface area contributed by atoms with Crippen molar-refractivity contribution in [3.8, 4) is 11.4 Å². The molecule has 1 fully saturated rings. The molecule has 1 saturated heterocycles. The molecular formula is C33H37N5O2S. The van der Waals surface area contributed by atoms with Gasteiger partial charge < -0.3 is 24.8 Å². The molecule has 3 heterocycles. The number of carbonyl (C=O) groups is 1. The summed E-state index contributed by atoms with van der Waals surface area (Å²) in [4.78, 5) is 19.9. The van der Waals surface area contributed by atoms with Crippen LogP contribution in [-0.4, -0.2) is 39.1 Å². The van der Waals surface area contributed by atoms with Gasteiger partial charge in [0.15, 0.2) is 5.11 Å². The van der Waals surface area contributed by atoms with Gasteiger partial charge in [-0.25, -0.2) is 0 Å². The molecule has 41 heavy (non-hydrogen) atoms. The fourth-order valence-corrected chi connectivity index (χ4v) is 6.46. The molecule has 0 bridgehead atoms. The van der Waals surface area contributed by atoms with E-state index in [1.807, 2.05) is 48.7 Å². The average Bonchev–Trinajstić information content (AvgIpc) is 3.42. The monoisotopic (exact) mass is 567 g/mol. The summed E-state index contributed by atoms with van der Waals surface area (Å²) in [6.07, 6.45) is 2.07. The van der Waals surface area contributed by atoms with Crippen molar-refractivity contribution in [3.05, 3.63) is 106 Å². The lowest BCUT2D eigenvalue weighted by Gasteiger charge is -2.28. The lowest BCUT2D eigenvalue weighted by atomic mass is 9.96. The Morgan fingerprint density at radius 2 is 1.73 bits per heavy atom. The number of pyridine rings is 1. The number of hydrogen-bond acceptors (Lipinski definition) is 4. The van der Waals surface area contributed by atoms with E-state index in [0.29, 0.717) is 23.1 Å². The van der Waals surface area contributed by atoms with Gasteiger partial charge in [-0.1, -0.05) is 35.9 Å². The van der Waals surface area contributed by atoms with Crippen LogP contribution in [0, 0.1) is 34.6 Å². The van der Waals surface area contributed by atoms with E-state index >= 15 is 0 Å². The number of para-hydroxylation sites is 2. The van der Waals surface area contributed by atoms with Gasteiger partial charge in [-0.3, -0.25) is 9.78 Å². The van der Waals surface area contributed by atoms with Crippen LogP contribution in [0.3, 0.4) is 0 Å². The van der Waals surface area contributed by atoms with Crippen molar-refractivity contribution >= 4 is 28.9 Å². The third-order valence-corrected chi connectivity index (χ3v) is 8.16. The molecule has 0 saturated carbocycles. The van der Waals surface area contributed by atoms with Gasteiger partial charge >= 0.3 is 0 Å². The summed E-state index contributed by atoms with van der Waals surface area (Å²) in [5.74, 6) is 0.523. The predicted molar refractivity (Wildman–Crippen MR) is 168 cm³/mol. The largest absolute Gasteiger partial charge is 0.495 e. The van der Waals surface area contributed by atoms with Crippen LogP contribution in [-0.2, 0) is 4.79 Å². The van der Waals surface area contributed by atoms with Crippen molar-refractivity contribution < 1.29 is 9.53 Å². The Balaban J connectivity index is 1.50. The number of thiocarbonyl (C=S) groups is 1. The maximum Gasteiger partial charge on any atom is 0.226 e. The Morgan fingerprint density at radius 3 is 2.41 bits per heavy atom. The summed E-state index contributed by atoms with van der Waals surface area (Å²) in [6.45, 7) is 11.2. The molecule has 7 nitrogen and oxygen atoms in total. The van der Waals surface area contributed by atoms with E-state index in [-0.39, 0.29) is 24.4 Å². The van der Waals surface area contributed by atoms with Crippen molar-refractivity contribution in [2.45, 2.75) is 53.1 Å². The van der Waals surface area contributed by atoms with Crippen molar-refractivity contribution in [1.29, 1.82) is 0 Å². The van der Waals surface area contributed by atoms with E-state index in [2.05, 4.69) is 77.9 Å². The van der Waals surface area contributed by atoms with Crippen LogP contribution in [0.5, 0.6) is 5.75 Å². The van der Waals surface area contributed by atoms with Gasteiger partial charge in [0.05, 0.1) is 36.3 Å². The van der Waals surface area contributed by atoms with Crippen LogP contribution in [0.2, 0.25) is 0 Å². The number of carbonyl (C=O) groups excluding carboxylic acids is 1. The number of aromatic nitrogens is 2. The normalized spacial score (nSPS) is 16.5. The molecule has 1 amide bonds. The summed E-state index contributed by atoms with van der Waals surface area (Å²) in [6, 6.07) is 19.8. The highest BCUT2D eigenvalue weighted by Gasteiger charge is 2.41. The number of benzene rings is 2. The fraction of sp³-hybridized carbons (Fsp3) is 0.303. The average molecular weight is 568 g/mol. The molecule has 5 rings (SSSR count). The standard InChI is InChI=1S/C33H37N5O2S/c1-20-17-21(2)31(22(3)18-20)38-23(4)19-25(24(38)5)32-30(27-12-9-10-15-34-27)36-33(41)37(32)16-14-29(39)35-26-11-7-8-13-28(26)40-6/h7-13,15,17-19,30,32H,14,16H2,1-6H3,(H,35,39)(H,36,41)/t30-,32+/m1/s1. The molecule has 212 valence electrons. The van der Waals surface area contributed by atoms with Gasteiger partial charge in [0.25, 0.3) is 0 Å². The zero-order valence-electron chi connectivity index (χ0n) is 24.5. The van der Waals surface area contributed by atoms with Gasteiger partial charge in [0.2, 0.25) is 5.91 Å². The fourth-order valence-electron chi connectivity index (χ4n) is 6.12. The molecule has 8 heteroatoms. The summed E-state index contributed by atoms with van der Waals surface area (Å²) >= 11 is 5.88. The minimum absolute atomic E-state index is 0.103. The minimum atomic E-state index is -0.157. The molecule has 2 aromatic carbocycles. The highest BCUT2D eigenvalue weighted by atomic mass is 32.1. The van der Waals surface area contributed by atoms with E-state index in [4.69, 9.17) is 17.0 Å². The van der Waals surface area contributed by atoms with Crippen molar-refractivity contribution in [2.24, 2.45) is 0 Å². The quantitative estimate of drug-likeness (QED) is 0.239. The van der Waals surface area contributed by atoms with E-state index in [9.17, 15) is 4.79 Å². The minimum Gasteiger partial charge on any atom is -0.495 e. The molecular weight excluding hydrogens is 530 g/mol. The van der Waals surface area contributed by atoms with Gasteiger partial charge in [-0.15, -0.1) is 0 Å². The Morgan fingerprint density at radius 1 is 1.02 bits per heavy atom. The first kappa shape index (κ1) is 28.4. The zero-order valence-corrected chi connectivity index (χ0v) is 25.3. The molecule has 0 unspecified atom stereocenters. The van der Waals surface area contributed by atoms with Crippen LogP contribution >= 0.6 is 12.2 Å². The number of anilines is 1. The molecule has 0 spiro atoms. The van der Waals surface area contributed by atoms with Crippen LogP contribution < -0.4 is 15.4 Å². The smallest absolute Gasteiger partial charge is 0.226 e. The van der Waals surface area contributed by atoms with Crippen molar-refractivity contribution in [1.82, 2.24) is 19.8 Å². The maximum absolute atomic E-state index is 13.1. The first-order valence-corrected chi connectivity index (χ1v) is 14.3. The molecule has 1 aliphatic heterocycles. The Kier molecular flexibility index (Phi) is 8.13. The third kappa shape index (κ3) is 5.57. The lowest BCUT2D eigenvalue weighted by molar-refractivity contribution is -0.116. The second-order valence-electron chi connectivity index (χ2n) is 10.7. The highest BCUT2D eigenvalue weighted by Crippen LogP contribution is 2.42. The summed E-state index contributed by atoms with van der Waals surface area (Å²) in [5, 5.41) is 7.12. The Hall–Kier alpha value is -4.17. The molecule has 1 aliphatic rings. The van der Waals surface area contributed by atoms with E-state index in [1.54, 1.807) is 7.11 Å². The van der Waals surface area contributed by atoms with Crippen LogP contribution in [0.1, 0.15) is 57.8 Å². The van der Waals surface area contributed by atoms with Crippen molar-refractivity contribution in [2.75, 3.05) is 19.0 Å². The number of hydrogen-bond donors (Lipinski definition) is 2.